The van der Waals surface area contributed by atoms with E-state index in [1.807, 2.05) is 6.92 Å². The van der Waals surface area contributed by atoms with Gasteiger partial charge in [0.05, 0.1) is 6.10 Å². The lowest BCUT2D eigenvalue weighted by Gasteiger charge is -2.35. The van der Waals surface area contributed by atoms with Crippen LogP contribution in [0.15, 0.2) is 24.3 Å². The van der Waals surface area contributed by atoms with Crippen LogP contribution in [0, 0.1) is 11.3 Å². The Morgan fingerprint density at radius 2 is 1.95 bits per heavy atom. The summed E-state index contributed by atoms with van der Waals surface area (Å²) < 4.78 is 0. The predicted molar refractivity (Wildman–Crippen MR) is 90.9 cm³/mol. The van der Waals surface area contributed by atoms with Gasteiger partial charge in [-0.15, -0.1) is 0 Å². The molecular formula is C19H31NO2. The van der Waals surface area contributed by atoms with E-state index in [9.17, 15) is 10.2 Å². The summed E-state index contributed by atoms with van der Waals surface area (Å²) in [5.74, 6) is 1.05. The SMILES string of the molecule is CC(NCCC1CCCC(C)(C)C1)C(O)c1ccc(O)cc1. The molecule has 3 unspecified atom stereocenters. The van der Waals surface area contributed by atoms with Gasteiger partial charge in [0.15, 0.2) is 0 Å². The molecule has 0 heterocycles. The molecule has 1 saturated carbocycles. The Kier molecular flexibility index (Phi) is 5.87. The molecule has 0 aromatic heterocycles. The van der Waals surface area contributed by atoms with Crippen molar-refractivity contribution >= 4 is 0 Å². The van der Waals surface area contributed by atoms with Crippen LogP contribution in [-0.4, -0.2) is 22.8 Å². The zero-order valence-corrected chi connectivity index (χ0v) is 14.2. The van der Waals surface area contributed by atoms with Crippen molar-refractivity contribution in [3.63, 3.8) is 0 Å². The number of aliphatic hydroxyl groups is 1. The molecule has 0 bridgehead atoms. The standard InChI is InChI=1S/C19H31NO2/c1-14(18(22)16-6-8-17(21)9-7-16)20-12-10-15-5-4-11-19(2,3)13-15/h6-9,14-15,18,20-22H,4-5,10-13H2,1-3H3. The topological polar surface area (TPSA) is 52.5 Å². The minimum atomic E-state index is -0.539. The summed E-state index contributed by atoms with van der Waals surface area (Å²) in [6, 6.07) is 6.81. The van der Waals surface area contributed by atoms with E-state index in [0.29, 0.717) is 5.41 Å². The Morgan fingerprint density at radius 1 is 1.27 bits per heavy atom. The quantitative estimate of drug-likeness (QED) is 0.744. The van der Waals surface area contributed by atoms with Gasteiger partial charge >= 0.3 is 0 Å². The molecule has 2 rings (SSSR count). The second-order valence-electron chi connectivity index (χ2n) is 7.69. The molecule has 22 heavy (non-hydrogen) atoms. The van der Waals surface area contributed by atoms with Crippen molar-refractivity contribution in [2.75, 3.05) is 6.54 Å². The number of aromatic hydroxyl groups is 1. The number of phenols is 1. The van der Waals surface area contributed by atoms with Crippen molar-refractivity contribution in [3.05, 3.63) is 29.8 Å². The molecular weight excluding hydrogens is 274 g/mol. The van der Waals surface area contributed by atoms with Gasteiger partial charge in [0, 0.05) is 6.04 Å². The molecule has 1 aliphatic carbocycles. The highest BCUT2D eigenvalue weighted by Crippen LogP contribution is 2.39. The van der Waals surface area contributed by atoms with E-state index in [4.69, 9.17) is 0 Å². The lowest BCUT2D eigenvalue weighted by molar-refractivity contribution is 0.130. The van der Waals surface area contributed by atoms with Gasteiger partial charge in [-0.25, -0.2) is 0 Å². The molecule has 1 fully saturated rings. The molecule has 3 N–H and O–H groups in total. The molecule has 3 atom stereocenters. The normalized spacial score (nSPS) is 23.9. The third kappa shape index (κ3) is 4.99. The fourth-order valence-electron chi connectivity index (χ4n) is 3.69. The number of rotatable bonds is 6. The van der Waals surface area contributed by atoms with Gasteiger partial charge < -0.3 is 15.5 Å². The van der Waals surface area contributed by atoms with Gasteiger partial charge in [-0.1, -0.05) is 38.8 Å². The van der Waals surface area contributed by atoms with Crippen LogP contribution in [0.3, 0.4) is 0 Å². The summed E-state index contributed by atoms with van der Waals surface area (Å²) in [6.07, 6.45) is 6.03. The summed E-state index contributed by atoms with van der Waals surface area (Å²) in [5, 5.41) is 23.1. The van der Waals surface area contributed by atoms with E-state index in [-0.39, 0.29) is 11.8 Å². The van der Waals surface area contributed by atoms with Crippen LogP contribution in [0.2, 0.25) is 0 Å². The van der Waals surface area contributed by atoms with Crippen LogP contribution in [-0.2, 0) is 0 Å². The number of benzene rings is 1. The number of hydrogen-bond donors (Lipinski definition) is 3. The van der Waals surface area contributed by atoms with Crippen LogP contribution in [0.4, 0.5) is 0 Å². The molecule has 0 aliphatic heterocycles. The van der Waals surface area contributed by atoms with E-state index in [1.54, 1.807) is 24.3 Å². The maximum Gasteiger partial charge on any atom is 0.115 e. The minimum Gasteiger partial charge on any atom is -0.508 e. The first kappa shape index (κ1) is 17.3. The van der Waals surface area contributed by atoms with Crippen LogP contribution in [0.25, 0.3) is 0 Å². The molecule has 1 aromatic carbocycles. The third-order valence-electron chi connectivity index (χ3n) is 5.03. The van der Waals surface area contributed by atoms with E-state index in [2.05, 4.69) is 19.2 Å². The first-order chi connectivity index (χ1) is 10.4. The Labute approximate surface area is 134 Å². The summed E-state index contributed by atoms with van der Waals surface area (Å²) in [7, 11) is 0. The van der Waals surface area contributed by atoms with Crippen LogP contribution >= 0.6 is 0 Å². The average Bonchev–Trinajstić information content (AvgIpc) is 2.46. The number of nitrogens with one attached hydrogen (secondary N) is 1. The first-order valence-corrected chi connectivity index (χ1v) is 8.58. The van der Waals surface area contributed by atoms with Gasteiger partial charge in [-0.2, -0.15) is 0 Å². The molecule has 3 heteroatoms. The van der Waals surface area contributed by atoms with Gasteiger partial charge in [0.2, 0.25) is 0 Å². The van der Waals surface area contributed by atoms with Crippen LogP contribution in [0.1, 0.15) is 64.5 Å². The lowest BCUT2D eigenvalue weighted by Crippen LogP contribution is -2.34. The second-order valence-corrected chi connectivity index (χ2v) is 7.69. The van der Waals surface area contributed by atoms with E-state index >= 15 is 0 Å². The average molecular weight is 305 g/mol. The molecule has 0 saturated heterocycles. The van der Waals surface area contributed by atoms with Gasteiger partial charge in [0.25, 0.3) is 0 Å². The summed E-state index contributed by atoms with van der Waals surface area (Å²) in [5.41, 5.74) is 1.34. The monoisotopic (exact) mass is 305 g/mol. The van der Waals surface area contributed by atoms with Crippen molar-refractivity contribution in [2.45, 2.75) is 65.0 Å². The highest BCUT2D eigenvalue weighted by Gasteiger charge is 2.27. The Morgan fingerprint density at radius 3 is 2.59 bits per heavy atom. The lowest BCUT2D eigenvalue weighted by atomic mass is 9.71. The molecule has 0 amide bonds. The Bertz CT molecular complexity index is 455. The molecule has 124 valence electrons. The molecule has 0 radical (unpaired) electrons. The summed E-state index contributed by atoms with van der Waals surface area (Å²) >= 11 is 0. The smallest absolute Gasteiger partial charge is 0.115 e. The summed E-state index contributed by atoms with van der Waals surface area (Å²) in [6.45, 7) is 7.73. The zero-order valence-electron chi connectivity index (χ0n) is 14.2. The number of phenolic OH excluding ortho intramolecular Hbond substituents is 1. The van der Waals surface area contributed by atoms with E-state index < -0.39 is 6.10 Å². The number of aliphatic hydroxyl groups excluding tert-OH is 1. The highest BCUT2D eigenvalue weighted by molar-refractivity contribution is 5.27. The van der Waals surface area contributed by atoms with Crippen LogP contribution in [0.5, 0.6) is 5.75 Å². The molecule has 0 spiro atoms. The Balaban J connectivity index is 1.75. The largest absolute Gasteiger partial charge is 0.508 e. The maximum atomic E-state index is 10.4. The van der Waals surface area contributed by atoms with Crippen molar-refractivity contribution in [2.24, 2.45) is 11.3 Å². The zero-order chi connectivity index (χ0) is 16.2. The Hall–Kier alpha value is -1.06. The van der Waals surface area contributed by atoms with Crippen molar-refractivity contribution in [3.8, 4) is 5.75 Å². The van der Waals surface area contributed by atoms with Crippen molar-refractivity contribution < 1.29 is 10.2 Å². The van der Waals surface area contributed by atoms with Crippen molar-refractivity contribution in [1.82, 2.24) is 5.32 Å². The van der Waals surface area contributed by atoms with Crippen molar-refractivity contribution in [1.29, 1.82) is 0 Å². The van der Waals surface area contributed by atoms with Crippen LogP contribution < -0.4 is 5.32 Å². The first-order valence-electron chi connectivity index (χ1n) is 8.58. The maximum absolute atomic E-state index is 10.4. The molecule has 1 aliphatic rings. The van der Waals surface area contributed by atoms with Gasteiger partial charge in [-0.05, 0) is 61.8 Å². The molecule has 3 nitrogen and oxygen atoms in total. The van der Waals surface area contributed by atoms with E-state index in [1.165, 1.54) is 32.1 Å². The minimum absolute atomic E-state index is 0.0149. The fourth-order valence-corrected chi connectivity index (χ4v) is 3.69. The van der Waals surface area contributed by atoms with Gasteiger partial charge in [-0.3, -0.25) is 0 Å². The van der Waals surface area contributed by atoms with Gasteiger partial charge in [0.1, 0.15) is 5.75 Å². The third-order valence-corrected chi connectivity index (χ3v) is 5.03. The highest BCUT2D eigenvalue weighted by atomic mass is 16.3. The molecule has 1 aromatic rings. The second kappa shape index (κ2) is 7.47. The van der Waals surface area contributed by atoms with E-state index in [0.717, 1.165) is 18.0 Å². The predicted octanol–water partition coefficient (Wildman–Crippen LogP) is 4.01. The fraction of sp³-hybridized carbons (Fsp3) is 0.684. The summed E-state index contributed by atoms with van der Waals surface area (Å²) in [4.78, 5) is 0. The number of hydrogen-bond acceptors (Lipinski definition) is 3.